The van der Waals surface area contributed by atoms with Crippen LogP contribution in [0.15, 0.2) is 24.3 Å². The Morgan fingerprint density at radius 2 is 2.08 bits per heavy atom. The number of hydrogen-bond donors (Lipinski definition) is 0. The van der Waals surface area contributed by atoms with Crippen molar-refractivity contribution in [1.82, 2.24) is 4.90 Å². The van der Waals surface area contributed by atoms with Crippen LogP contribution in [-0.2, 0) is 4.74 Å². The first-order chi connectivity index (χ1) is 11.3. The summed E-state index contributed by atoms with van der Waals surface area (Å²) in [7, 11) is 0. The van der Waals surface area contributed by atoms with Gasteiger partial charge in [0.1, 0.15) is 11.4 Å². The third kappa shape index (κ3) is 3.28. The van der Waals surface area contributed by atoms with Gasteiger partial charge in [-0.1, -0.05) is 6.08 Å². The average molecular weight is 328 g/mol. The second-order valence-corrected chi connectivity index (χ2v) is 7.42. The van der Waals surface area contributed by atoms with Gasteiger partial charge in [-0.25, -0.2) is 9.18 Å². The van der Waals surface area contributed by atoms with Gasteiger partial charge in [0.25, 0.3) is 0 Å². The Morgan fingerprint density at radius 1 is 1.33 bits per heavy atom. The Labute approximate surface area is 141 Å². The normalized spacial score (nSPS) is 22.8. The highest BCUT2D eigenvalue weighted by Gasteiger charge is 2.41. The molecule has 1 aromatic rings. The van der Waals surface area contributed by atoms with Crippen molar-refractivity contribution in [2.75, 3.05) is 0 Å². The molecule has 2 atom stereocenters. The van der Waals surface area contributed by atoms with E-state index in [1.54, 1.807) is 11.0 Å². The number of rotatable bonds is 1. The second-order valence-electron chi connectivity index (χ2n) is 7.42. The minimum absolute atomic E-state index is 0.0256. The van der Waals surface area contributed by atoms with Crippen LogP contribution in [-0.4, -0.2) is 28.7 Å². The summed E-state index contributed by atoms with van der Waals surface area (Å²) in [6.45, 7) is 5.57. The summed E-state index contributed by atoms with van der Waals surface area (Å²) in [5, 5.41) is 9.02. The summed E-state index contributed by atoms with van der Waals surface area (Å²) >= 11 is 0. The molecule has 0 spiro atoms. The number of ether oxygens (including phenoxy) is 1. The predicted molar refractivity (Wildman–Crippen MR) is 88.6 cm³/mol. The van der Waals surface area contributed by atoms with Crippen LogP contribution in [0.1, 0.15) is 51.2 Å². The molecule has 126 valence electrons. The predicted octanol–water partition coefficient (Wildman–Crippen LogP) is 4.25. The molecular weight excluding hydrogens is 307 g/mol. The first kappa shape index (κ1) is 16.5. The van der Waals surface area contributed by atoms with Crippen molar-refractivity contribution in [3.8, 4) is 6.07 Å². The van der Waals surface area contributed by atoms with Crippen molar-refractivity contribution in [3.63, 3.8) is 0 Å². The van der Waals surface area contributed by atoms with E-state index in [0.717, 1.165) is 24.0 Å². The van der Waals surface area contributed by atoms with Gasteiger partial charge in [0.15, 0.2) is 0 Å². The van der Waals surface area contributed by atoms with Crippen LogP contribution in [0, 0.1) is 17.1 Å². The minimum Gasteiger partial charge on any atom is -0.444 e. The van der Waals surface area contributed by atoms with Gasteiger partial charge in [0.2, 0.25) is 0 Å². The molecule has 5 heteroatoms. The third-order valence-corrected chi connectivity index (χ3v) is 4.40. The zero-order valence-corrected chi connectivity index (χ0v) is 14.2. The largest absolute Gasteiger partial charge is 0.444 e. The molecule has 0 saturated carbocycles. The van der Waals surface area contributed by atoms with Crippen LogP contribution in [0.2, 0.25) is 0 Å². The van der Waals surface area contributed by atoms with Gasteiger partial charge in [-0.05, 0) is 69.4 Å². The van der Waals surface area contributed by atoms with Gasteiger partial charge in [-0.15, -0.1) is 0 Å². The van der Waals surface area contributed by atoms with Crippen molar-refractivity contribution >= 4 is 11.7 Å². The van der Waals surface area contributed by atoms with Crippen molar-refractivity contribution in [2.24, 2.45) is 0 Å². The zero-order valence-electron chi connectivity index (χ0n) is 14.2. The van der Waals surface area contributed by atoms with Gasteiger partial charge in [-0.2, -0.15) is 5.26 Å². The summed E-state index contributed by atoms with van der Waals surface area (Å²) < 4.78 is 19.2. The number of nitrogens with zero attached hydrogens (tertiary/aromatic N) is 2. The zero-order chi connectivity index (χ0) is 17.5. The lowest BCUT2D eigenvalue weighted by atomic mass is 9.94. The maximum Gasteiger partial charge on any atom is 0.411 e. The molecule has 0 N–H and O–H groups in total. The number of carbonyl (C=O) groups excluding carboxylic acids is 1. The van der Waals surface area contributed by atoms with E-state index in [-0.39, 0.29) is 18.2 Å². The summed E-state index contributed by atoms with van der Waals surface area (Å²) in [6, 6.07) is 6.42. The van der Waals surface area contributed by atoms with Gasteiger partial charge >= 0.3 is 6.09 Å². The fourth-order valence-corrected chi connectivity index (χ4v) is 3.48. The third-order valence-electron chi connectivity index (χ3n) is 4.40. The molecule has 24 heavy (non-hydrogen) atoms. The van der Waals surface area contributed by atoms with Crippen LogP contribution >= 0.6 is 0 Å². The van der Waals surface area contributed by atoms with E-state index in [1.807, 2.05) is 32.9 Å². The number of nitriles is 1. The quantitative estimate of drug-likeness (QED) is 0.774. The van der Waals surface area contributed by atoms with E-state index >= 15 is 0 Å². The minimum atomic E-state index is -0.523. The molecule has 1 aromatic carbocycles. The van der Waals surface area contributed by atoms with E-state index in [1.165, 1.54) is 12.1 Å². The average Bonchev–Trinajstić information content (AvgIpc) is 2.75. The van der Waals surface area contributed by atoms with Crippen molar-refractivity contribution in [1.29, 1.82) is 5.26 Å². The highest BCUT2D eigenvalue weighted by atomic mass is 19.1. The lowest BCUT2D eigenvalue weighted by Gasteiger charge is -2.35. The van der Waals surface area contributed by atoms with Crippen LogP contribution < -0.4 is 0 Å². The Morgan fingerprint density at radius 3 is 2.71 bits per heavy atom. The molecule has 1 amide bonds. The molecule has 0 aliphatic carbocycles. The van der Waals surface area contributed by atoms with Gasteiger partial charge in [-0.3, -0.25) is 4.90 Å². The number of benzene rings is 1. The van der Waals surface area contributed by atoms with Gasteiger partial charge in [0.05, 0.1) is 17.7 Å². The lowest BCUT2D eigenvalue weighted by Crippen LogP contribution is -2.45. The van der Waals surface area contributed by atoms with Crippen molar-refractivity contribution in [2.45, 2.75) is 57.7 Å². The van der Waals surface area contributed by atoms with E-state index in [0.29, 0.717) is 12.0 Å². The maximum atomic E-state index is 13.7. The fraction of sp³-hybridized carbons (Fsp3) is 0.474. The molecule has 4 nitrogen and oxygen atoms in total. The van der Waals surface area contributed by atoms with E-state index in [4.69, 9.17) is 10.00 Å². The van der Waals surface area contributed by atoms with Gasteiger partial charge < -0.3 is 4.74 Å². The van der Waals surface area contributed by atoms with E-state index in [9.17, 15) is 9.18 Å². The first-order valence-electron chi connectivity index (χ1n) is 8.20. The van der Waals surface area contributed by atoms with Crippen LogP contribution in [0.4, 0.5) is 9.18 Å². The number of fused-ring (bicyclic) bond motifs is 2. The van der Waals surface area contributed by atoms with Crippen LogP contribution in [0.5, 0.6) is 0 Å². The lowest BCUT2D eigenvalue weighted by molar-refractivity contribution is 0.0175. The molecule has 2 bridgehead atoms. The Hall–Kier alpha value is -2.35. The molecule has 2 unspecified atom stereocenters. The molecule has 1 fully saturated rings. The summed E-state index contributed by atoms with van der Waals surface area (Å²) in [4.78, 5) is 14.2. The second kappa shape index (κ2) is 5.94. The number of carbonyl (C=O) groups is 1. The molecule has 2 heterocycles. The fourth-order valence-electron chi connectivity index (χ4n) is 3.48. The summed E-state index contributed by atoms with van der Waals surface area (Å²) in [5.41, 5.74) is 1.52. The Kier molecular flexibility index (Phi) is 4.08. The van der Waals surface area contributed by atoms with Crippen molar-refractivity contribution < 1.29 is 13.9 Å². The summed E-state index contributed by atoms with van der Waals surface area (Å²) in [5.74, 6) is -0.410. The van der Waals surface area contributed by atoms with E-state index < -0.39 is 11.4 Å². The highest BCUT2D eigenvalue weighted by molar-refractivity contribution is 5.75. The SMILES string of the molecule is CC(C)(C)OC(=O)N1C2C=C(c3cc(F)cc(C#N)c3)CC1CC2. The Bertz CT molecular complexity index is 743. The first-order valence-corrected chi connectivity index (χ1v) is 8.20. The molecule has 3 rings (SSSR count). The molecular formula is C19H21FN2O2. The smallest absolute Gasteiger partial charge is 0.411 e. The van der Waals surface area contributed by atoms with Gasteiger partial charge in [0, 0.05) is 6.04 Å². The van der Waals surface area contributed by atoms with Crippen LogP contribution in [0.25, 0.3) is 5.57 Å². The maximum absolute atomic E-state index is 13.7. The molecule has 0 aromatic heterocycles. The summed E-state index contributed by atoms with van der Waals surface area (Å²) in [6.07, 6.45) is 4.17. The molecule has 2 aliphatic rings. The van der Waals surface area contributed by atoms with Crippen molar-refractivity contribution in [3.05, 3.63) is 41.2 Å². The molecule has 2 aliphatic heterocycles. The standard InChI is InChI=1S/C19H21FN2O2/c1-19(2,3)24-18(23)22-16-4-5-17(22)10-14(9-16)13-6-12(11-21)7-15(20)8-13/h6-9,16-17H,4-5,10H2,1-3H3. The Balaban J connectivity index is 1.86. The number of halogens is 1. The number of amides is 1. The van der Waals surface area contributed by atoms with Crippen LogP contribution in [0.3, 0.4) is 0 Å². The monoisotopic (exact) mass is 328 g/mol. The molecule has 1 saturated heterocycles. The van der Waals surface area contributed by atoms with E-state index in [2.05, 4.69) is 0 Å². The molecule has 0 radical (unpaired) electrons. The highest BCUT2D eigenvalue weighted by Crippen LogP contribution is 2.39. The topological polar surface area (TPSA) is 53.3 Å². The number of hydrogen-bond acceptors (Lipinski definition) is 3.